The van der Waals surface area contributed by atoms with Crippen LogP contribution in [0, 0.1) is 0 Å². The van der Waals surface area contributed by atoms with Crippen LogP contribution in [0.15, 0.2) is 23.1 Å². The number of nitrogens with one attached hydrogen (secondary N) is 1. The van der Waals surface area contributed by atoms with Crippen LogP contribution in [0.1, 0.15) is 32.3 Å². The molecule has 1 aliphatic rings. The number of carbonyl (C=O) groups is 1. The quantitative estimate of drug-likeness (QED) is 0.606. The van der Waals surface area contributed by atoms with Crippen molar-refractivity contribution in [1.29, 1.82) is 0 Å². The zero-order chi connectivity index (χ0) is 15.9. The number of thiocarbonyl (C=S) groups is 1. The number of benzene rings is 1. The van der Waals surface area contributed by atoms with Crippen molar-refractivity contribution in [2.24, 2.45) is 0 Å². The molecule has 118 valence electrons. The zero-order valence-corrected chi connectivity index (χ0v) is 14.3. The van der Waals surface area contributed by atoms with E-state index >= 15 is 0 Å². The third-order valence-corrected chi connectivity index (χ3v) is 4.01. The molecule has 1 saturated heterocycles. The lowest BCUT2D eigenvalue weighted by molar-refractivity contribution is -0.115. The van der Waals surface area contributed by atoms with Gasteiger partial charge in [-0.15, -0.1) is 0 Å². The molecule has 0 atom stereocenters. The summed E-state index contributed by atoms with van der Waals surface area (Å²) in [6, 6.07) is 5.66. The van der Waals surface area contributed by atoms with E-state index in [0.29, 0.717) is 28.2 Å². The molecule has 0 unspecified atom stereocenters. The first kappa shape index (κ1) is 16.8. The standard InChI is InChI=1S/C16H19NO3S2/c1-3-7-19-12-6-5-11(13(10-12)20-8-4-2)9-14-15(18)17-16(21)22-14/h5-6,9-10H,3-4,7-8H2,1-2H3,(H,17,18,21)/b14-9-. The molecule has 0 radical (unpaired) electrons. The highest BCUT2D eigenvalue weighted by molar-refractivity contribution is 8.26. The second kappa shape index (κ2) is 8.19. The number of amides is 1. The van der Waals surface area contributed by atoms with Gasteiger partial charge in [0.05, 0.1) is 18.1 Å². The highest BCUT2D eigenvalue weighted by Crippen LogP contribution is 2.31. The molecule has 22 heavy (non-hydrogen) atoms. The van der Waals surface area contributed by atoms with Gasteiger partial charge in [0.2, 0.25) is 0 Å². The van der Waals surface area contributed by atoms with Crippen molar-refractivity contribution in [1.82, 2.24) is 5.32 Å². The minimum Gasteiger partial charge on any atom is -0.493 e. The summed E-state index contributed by atoms with van der Waals surface area (Å²) >= 11 is 6.26. The predicted octanol–water partition coefficient (Wildman–Crippen LogP) is 3.75. The Labute approximate surface area is 140 Å². The fourth-order valence-corrected chi connectivity index (χ4v) is 2.88. The third kappa shape index (κ3) is 4.48. The number of carbonyl (C=O) groups excluding carboxylic acids is 1. The van der Waals surface area contributed by atoms with Crippen molar-refractivity contribution in [2.75, 3.05) is 13.2 Å². The average molecular weight is 337 g/mol. The molecule has 1 aliphatic heterocycles. The van der Waals surface area contributed by atoms with E-state index in [1.807, 2.05) is 25.1 Å². The number of thioether (sulfide) groups is 1. The Bertz CT molecular complexity index is 599. The van der Waals surface area contributed by atoms with Gasteiger partial charge in [-0.05, 0) is 31.1 Å². The Balaban J connectivity index is 2.26. The smallest absolute Gasteiger partial charge is 0.263 e. The van der Waals surface area contributed by atoms with Crippen LogP contribution in [0.5, 0.6) is 11.5 Å². The van der Waals surface area contributed by atoms with Crippen LogP contribution in [0.3, 0.4) is 0 Å². The Morgan fingerprint density at radius 3 is 2.59 bits per heavy atom. The van der Waals surface area contributed by atoms with Crippen LogP contribution in [0.4, 0.5) is 0 Å². The summed E-state index contributed by atoms with van der Waals surface area (Å²) in [5.41, 5.74) is 0.847. The maximum atomic E-state index is 11.8. The molecular formula is C16H19NO3S2. The second-order valence-corrected chi connectivity index (χ2v) is 6.47. The molecule has 4 nitrogen and oxygen atoms in total. The van der Waals surface area contributed by atoms with Crippen molar-refractivity contribution < 1.29 is 14.3 Å². The van der Waals surface area contributed by atoms with Crippen LogP contribution in [0.25, 0.3) is 6.08 Å². The van der Waals surface area contributed by atoms with Gasteiger partial charge < -0.3 is 14.8 Å². The second-order valence-electron chi connectivity index (χ2n) is 4.75. The number of hydrogen-bond acceptors (Lipinski definition) is 5. The monoisotopic (exact) mass is 337 g/mol. The molecular weight excluding hydrogens is 318 g/mol. The molecule has 1 aromatic carbocycles. The van der Waals surface area contributed by atoms with Crippen molar-refractivity contribution in [2.45, 2.75) is 26.7 Å². The summed E-state index contributed by atoms with van der Waals surface area (Å²) in [5.74, 6) is 1.33. The van der Waals surface area contributed by atoms with E-state index in [2.05, 4.69) is 12.2 Å². The molecule has 0 aromatic heterocycles. The third-order valence-electron chi connectivity index (χ3n) is 2.85. The SMILES string of the molecule is CCCOc1ccc(/C=C2\SC(=S)NC2=O)c(OCCC)c1. The lowest BCUT2D eigenvalue weighted by Crippen LogP contribution is -2.17. The summed E-state index contributed by atoms with van der Waals surface area (Å²) in [7, 11) is 0. The summed E-state index contributed by atoms with van der Waals surface area (Å²) in [5, 5.41) is 2.61. The molecule has 0 saturated carbocycles. The highest BCUT2D eigenvalue weighted by Gasteiger charge is 2.22. The minimum absolute atomic E-state index is 0.164. The molecule has 0 bridgehead atoms. The average Bonchev–Trinajstić information content (AvgIpc) is 2.82. The van der Waals surface area contributed by atoms with E-state index in [1.165, 1.54) is 11.8 Å². The Morgan fingerprint density at radius 1 is 1.23 bits per heavy atom. The van der Waals surface area contributed by atoms with Crippen molar-refractivity contribution in [3.8, 4) is 11.5 Å². The van der Waals surface area contributed by atoms with Gasteiger partial charge in [-0.2, -0.15) is 0 Å². The van der Waals surface area contributed by atoms with Crippen LogP contribution in [0.2, 0.25) is 0 Å². The summed E-state index contributed by atoms with van der Waals surface area (Å²) in [6.45, 7) is 5.39. The fraction of sp³-hybridized carbons (Fsp3) is 0.375. The van der Waals surface area contributed by atoms with E-state index in [-0.39, 0.29) is 5.91 Å². The minimum atomic E-state index is -0.164. The molecule has 0 aliphatic carbocycles. The molecule has 2 rings (SSSR count). The summed E-state index contributed by atoms with van der Waals surface area (Å²) in [4.78, 5) is 12.3. The first-order valence-electron chi connectivity index (χ1n) is 7.28. The molecule has 1 aromatic rings. The fourth-order valence-electron chi connectivity index (χ4n) is 1.84. The van der Waals surface area contributed by atoms with Crippen molar-refractivity contribution >= 4 is 40.3 Å². The lowest BCUT2D eigenvalue weighted by Gasteiger charge is -2.11. The Morgan fingerprint density at radius 2 is 1.95 bits per heavy atom. The Kier molecular flexibility index (Phi) is 6.27. The number of rotatable bonds is 7. The number of hydrogen-bond donors (Lipinski definition) is 1. The number of ether oxygens (including phenoxy) is 2. The van der Waals surface area contributed by atoms with Crippen LogP contribution < -0.4 is 14.8 Å². The van der Waals surface area contributed by atoms with Gasteiger partial charge in [0.1, 0.15) is 15.8 Å². The highest BCUT2D eigenvalue weighted by atomic mass is 32.2. The van der Waals surface area contributed by atoms with Crippen LogP contribution in [-0.2, 0) is 4.79 Å². The first-order valence-corrected chi connectivity index (χ1v) is 8.51. The lowest BCUT2D eigenvalue weighted by atomic mass is 10.1. The largest absolute Gasteiger partial charge is 0.493 e. The topological polar surface area (TPSA) is 47.6 Å². The van der Waals surface area contributed by atoms with E-state index in [1.54, 1.807) is 6.08 Å². The molecule has 6 heteroatoms. The van der Waals surface area contributed by atoms with Gasteiger partial charge in [-0.25, -0.2) is 0 Å². The van der Waals surface area contributed by atoms with E-state index in [0.717, 1.165) is 24.2 Å². The van der Waals surface area contributed by atoms with Gasteiger partial charge in [0, 0.05) is 11.6 Å². The van der Waals surface area contributed by atoms with Gasteiger partial charge in [0.25, 0.3) is 5.91 Å². The van der Waals surface area contributed by atoms with Gasteiger partial charge >= 0.3 is 0 Å². The molecule has 0 spiro atoms. The predicted molar refractivity (Wildman–Crippen MR) is 94.3 cm³/mol. The maximum absolute atomic E-state index is 11.8. The molecule has 1 N–H and O–H groups in total. The zero-order valence-electron chi connectivity index (χ0n) is 12.7. The van der Waals surface area contributed by atoms with Crippen LogP contribution >= 0.6 is 24.0 Å². The van der Waals surface area contributed by atoms with Gasteiger partial charge in [-0.1, -0.05) is 37.8 Å². The van der Waals surface area contributed by atoms with Crippen LogP contribution in [-0.4, -0.2) is 23.4 Å². The Hall–Kier alpha value is -1.53. The van der Waals surface area contributed by atoms with E-state index in [9.17, 15) is 4.79 Å². The van der Waals surface area contributed by atoms with Gasteiger partial charge in [-0.3, -0.25) is 4.79 Å². The van der Waals surface area contributed by atoms with Crippen molar-refractivity contribution in [3.05, 3.63) is 28.7 Å². The normalized spacial score (nSPS) is 16.0. The van der Waals surface area contributed by atoms with Gasteiger partial charge in [0.15, 0.2) is 0 Å². The molecule has 1 fully saturated rings. The first-order chi connectivity index (χ1) is 10.6. The molecule has 1 heterocycles. The maximum Gasteiger partial charge on any atom is 0.263 e. The summed E-state index contributed by atoms with van der Waals surface area (Å²) < 4.78 is 11.9. The van der Waals surface area contributed by atoms with Crippen molar-refractivity contribution in [3.63, 3.8) is 0 Å². The molecule has 1 amide bonds. The summed E-state index contributed by atoms with van der Waals surface area (Å²) in [6.07, 6.45) is 3.66. The van der Waals surface area contributed by atoms with E-state index in [4.69, 9.17) is 21.7 Å². The van der Waals surface area contributed by atoms with E-state index < -0.39 is 0 Å².